The summed E-state index contributed by atoms with van der Waals surface area (Å²) in [5.41, 5.74) is 0. The molecule has 0 spiro atoms. The molecule has 23 heavy (non-hydrogen) atoms. The zero-order chi connectivity index (χ0) is 16.8. The molecule has 5 heteroatoms. The lowest BCUT2D eigenvalue weighted by atomic mass is 10.2. The van der Waals surface area contributed by atoms with Gasteiger partial charge in [-0.25, -0.2) is 0 Å². The van der Waals surface area contributed by atoms with Gasteiger partial charge < -0.3 is 20.4 Å². The fraction of sp³-hybridized carbons (Fsp3) is 0.944. The van der Waals surface area contributed by atoms with Crippen molar-refractivity contribution >= 4 is 5.96 Å². The van der Waals surface area contributed by atoms with Gasteiger partial charge in [0.1, 0.15) is 0 Å². The Morgan fingerprint density at radius 2 is 1.61 bits per heavy atom. The van der Waals surface area contributed by atoms with E-state index in [0.717, 1.165) is 25.6 Å². The van der Waals surface area contributed by atoms with Crippen LogP contribution in [0.3, 0.4) is 0 Å². The summed E-state index contributed by atoms with van der Waals surface area (Å²) in [6.45, 7) is 16.9. The Morgan fingerprint density at radius 3 is 2.26 bits per heavy atom. The predicted octanol–water partition coefficient (Wildman–Crippen LogP) is 2.15. The smallest absolute Gasteiger partial charge is 0.191 e. The lowest BCUT2D eigenvalue weighted by Gasteiger charge is -2.34. The molecule has 0 aromatic rings. The molecule has 0 bridgehead atoms. The van der Waals surface area contributed by atoms with Gasteiger partial charge in [0.25, 0.3) is 0 Å². The van der Waals surface area contributed by atoms with Crippen LogP contribution in [0.1, 0.15) is 52.9 Å². The summed E-state index contributed by atoms with van der Waals surface area (Å²) in [6, 6.07) is 0. The minimum absolute atomic E-state index is 0.932. The molecule has 1 fully saturated rings. The van der Waals surface area contributed by atoms with Gasteiger partial charge in [-0.05, 0) is 39.3 Å². The van der Waals surface area contributed by atoms with Crippen molar-refractivity contribution in [1.82, 2.24) is 20.4 Å². The lowest BCUT2D eigenvalue weighted by Crippen LogP contribution is -2.46. The highest BCUT2D eigenvalue weighted by Crippen LogP contribution is 2.02. The van der Waals surface area contributed by atoms with Crippen LogP contribution in [0, 0.1) is 0 Å². The van der Waals surface area contributed by atoms with Crippen molar-refractivity contribution in [3.8, 4) is 0 Å². The topological polar surface area (TPSA) is 42.9 Å². The molecular formula is C18H39N5. The third-order valence-electron chi connectivity index (χ3n) is 4.48. The van der Waals surface area contributed by atoms with E-state index < -0.39 is 0 Å². The first-order valence-electron chi connectivity index (χ1n) is 9.77. The molecule has 0 radical (unpaired) electrons. The van der Waals surface area contributed by atoms with E-state index in [1.807, 2.05) is 0 Å². The van der Waals surface area contributed by atoms with Crippen LogP contribution in [0.5, 0.6) is 0 Å². The summed E-state index contributed by atoms with van der Waals surface area (Å²) in [5.74, 6) is 0.986. The number of piperazine rings is 1. The van der Waals surface area contributed by atoms with Gasteiger partial charge in [0.15, 0.2) is 5.96 Å². The molecule has 0 unspecified atom stereocenters. The van der Waals surface area contributed by atoms with E-state index in [4.69, 9.17) is 0 Å². The molecule has 1 heterocycles. The molecule has 2 N–H and O–H groups in total. The Labute approximate surface area is 143 Å². The molecular weight excluding hydrogens is 286 g/mol. The highest BCUT2D eigenvalue weighted by molar-refractivity contribution is 5.79. The Hall–Kier alpha value is -0.810. The molecule has 1 saturated heterocycles. The average Bonchev–Trinajstić information content (AvgIpc) is 2.58. The fourth-order valence-corrected chi connectivity index (χ4v) is 2.89. The summed E-state index contributed by atoms with van der Waals surface area (Å²) in [7, 11) is 0. The molecule has 0 aliphatic carbocycles. The van der Waals surface area contributed by atoms with Gasteiger partial charge in [-0.15, -0.1) is 0 Å². The number of unbranched alkanes of at least 4 members (excludes halogenated alkanes) is 3. The fourth-order valence-electron chi connectivity index (χ4n) is 2.89. The summed E-state index contributed by atoms with van der Waals surface area (Å²) < 4.78 is 0. The van der Waals surface area contributed by atoms with Crippen LogP contribution in [0.15, 0.2) is 4.99 Å². The Balaban J connectivity index is 2.07. The molecule has 0 atom stereocenters. The number of hydrogen-bond donors (Lipinski definition) is 2. The maximum atomic E-state index is 4.63. The van der Waals surface area contributed by atoms with Crippen molar-refractivity contribution in [3.05, 3.63) is 0 Å². The van der Waals surface area contributed by atoms with Crippen molar-refractivity contribution in [2.24, 2.45) is 4.99 Å². The summed E-state index contributed by atoms with van der Waals surface area (Å²) in [4.78, 5) is 9.78. The molecule has 1 rings (SSSR count). The number of nitrogens with one attached hydrogen (secondary N) is 2. The number of hydrogen-bond acceptors (Lipinski definition) is 3. The van der Waals surface area contributed by atoms with E-state index in [1.54, 1.807) is 0 Å². The maximum Gasteiger partial charge on any atom is 0.191 e. The minimum atomic E-state index is 0.932. The van der Waals surface area contributed by atoms with Gasteiger partial charge in [-0.2, -0.15) is 0 Å². The largest absolute Gasteiger partial charge is 0.357 e. The van der Waals surface area contributed by atoms with Gasteiger partial charge in [0.2, 0.25) is 0 Å². The first-order chi connectivity index (χ1) is 11.3. The first-order valence-corrected chi connectivity index (χ1v) is 9.77. The van der Waals surface area contributed by atoms with E-state index in [-0.39, 0.29) is 0 Å². The van der Waals surface area contributed by atoms with E-state index in [0.29, 0.717) is 0 Å². The van der Waals surface area contributed by atoms with Crippen molar-refractivity contribution in [3.63, 3.8) is 0 Å². The highest BCUT2D eigenvalue weighted by atomic mass is 15.3. The number of likely N-dealkylation sites (N-methyl/N-ethyl adjacent to an activating group) is 1. The quantitative estimate of drug-likeness (QED) is 0.347. The van der Waals surface area contributed by atoms with Gasteiger partial charge >= 0.3 is 0 Å². The van der Waals surface area contributed by atoms with Crippen molar-refractivity contribution in [2.75, 3.05) is 58.9 Å². The number of rotatable bonds is 11. The number of aliphatic imine (C=N–C) groups is 1. The molecule has 1 aliphatic rings. The molecule has 0 aromatic carbocycles. The van der Waals surface area contributed by atoms with E-state index >= 15 is 0 Å². The van der Waals surface area contributed by atoms with Crippen LogP contribution in [-0.2, 0) is 0 Å². The first kappa shape index (κ1) is 20.2. The summed E-state index contributed by atoms with van der Waals surface area (Å²) in [5, 5.41) is 6.80. The SMILES string of the molecule is CCCCCN=C(NCC)NCCCCN1CCN(CC)CC1. The average molecular weight is 326 g/mol. The molecule has 0 saturated carbocycles. The molecule has 136 valence electrons. The van der Waals surface area contributed by atoms with Crippen LogP contribution in [0.4, 0.5) is 0 Å². The second-order valence-corrected chi connectivity index (χ2v) is 6.38. The van der Waals surface area contributed by atoms with Crippen molar-refractivity contribution in [1.29, 1.82) is 0 Å². The molecule has 1 aliphatic heterocycles. The number of guanidine groups is 1. The summed E-state index contributed by atoms with van der Waals surface area (Å²) >= 11 is 0. The monoisotopic (exact) mass is 325 g/mol. The predicted molar refractivity (Wildman–Crippen MR) is 101 cm³/mol. The van der Waals surface area contributed by atoms with Crippen LogP contribution in [-0.4, -0.2) is 74.7 Å². The van der Waals surface area contributed by atoms with Crippen molar-refractivity contribution < 1.29 is 0 Å². The minimum Gasteiger partial charge on any atom is -0.357 e. The standard InChI is InChI=1S/C18H39N5/c1-4-7-8-11-20-18(19-5-2)21-12-9-10-13-23-16-14-22(6-3)15-17-23/h4-17H2,1-3H3,(H2,19,20,21). The molecule has 0 amide bonds. The van der Waals surface area contributed by atoms with Gasteiger partial charge in [0.05, 0.1) is 0 Å². The van der Waals surface area contributed by atoms with Crippen LogP contribution in [0.25, 0.3) is 0 Å². The Kier molecular flexibility index (Phi) is 12.0. The van der Waals surface area contributed by atoms with Crippen molar-refractivity contribution in [2.45, 2.75) is 52.9 Å². The third-order valence-corrected chi connectivity index (χ3v) is 4.48. The second-order valence-electron chi connectivity index (χ2n) is 6.38. The van der Waals surface area contributed by atoms with E-state index in [9.17, 15) is 0 Å². The molecule has 0 aromatic heterocycles. The van der Waals surface area contributed by atoms with Crippen LogP contribution < -0.4 is 10.6 Å². The lowest BCUT2D eigenvalue weighted by molar-refractivity contribution is 0.136. The van der Waals surface area contributed by atoms with Gasteiger partial charge in [0, 0.05) is 45.8 Å². The van der Waals surface area contributed by atoms with Gasteiger partial charge in [-0.3, -0.25) is 4.99 Å². The van der Waals surface area contributed by atoms with Gasteiger partial charge in [-0.1, -0.05) is 26.7 Å². The van der Waals surface area contributed by atoms with Crippen LogP contribution >= 0.6 is 0 Å². The molecule has 5 nitrogen and oxygen atoms in total. The Bertz CT molecular complexity index is 298. The normalized spacial score (nSPS) is 17.4. The van der Waals surface area contributed by atoms with E-state index in [1.165, 1.54) is 71.4 Å². The second kappa shape index (κ2) is 13.6. The number of nitrogens with zero attached hydrogens (tertiary/aromatic N) is 3. The Morgan fingerprint density at radius 1 is 0.870 bits per heavy atom. The highest BCUT2D eigenvalue weighted by Gasteiger charge is 2.14. The van der Waals surface area contributed by atoms with E-state index in [2.05, 4.69) is 46.2 Å². The summed E-state index contributed by atoms with van der Waals surface area (Å²) in [6.07, 6.45) is 6.21. The maximum absolute atomic E-state index is 4.63. The zero-order valence-electron chi connectivity index (χ0n) is 15.7. The van der Waals surface area contributed by atoms with Crippen LogP contribution in [0.2, 0.25) is 0 Å². The zero-order valence-corrected chi connectivity index (χ0v) is 15.7. The third kappa shape index (κ3) is 9.82.